The zero-order chi connectivity index (χ0) is 36.3. The molecular weight excluding hydrogens is 669 g/mol. The maximum Gasteiger partial charge on any atom is 0.143 e. The second-order valence-electron chi connectivity index (χ2n) is 14.1. The number of furan rings is 1. The third-order valence-electron chi connectivity index (χ3n) is 11.0. The molecule has 0 N–H and O–H groups in total. The Labute approximate surface area is 318 Å². The van der Waals surface area contributed by atoms with E-state index in [2.05, 4.69) is 204 Å². The van der Waals surface area contributed by atoms with E-state index in [0.717, 1.165) is 55.8 Å². The van der Waals surface area contributed by atoms with Crippen LogP contribution in [0.15, 0.2) is 211 Å². The Hall–Kier alpha value is -7.36. The monoisotopic (exact) mass is 702 g/mol. The van der Waals surface area contributed by atoms with E-state index in [1.807, 2.05) is 12.1 Å². The summed E-state index contributed by atoms with van der Waals surface area (Å²) in [6.45, 7) is 0. The zero-order valence-electron chi connectivity index (χ0n) is 29.9. The first-order valence-electron chi connectivity index (χ1n) is 18.8. The predicted octanol–water partition coefficient (Wildman–Crippen LogP) is 14.6. The van der Waals surface area contributed by atoms with Gasteiger partial charge < -0.3 is 13.9 Å². The van der Waals surface area contributed by atoms with E-state index in [4.69, 9.17) is 4.42 Å². The lowest BCUT2D eigenvalue weighted by Crippen LogP contribution is -2.10. The summed E-state index contributed by atoms with van der Waals surface area (Å²) in [6, 6.07) is 73.9. The first-order valence-corrected chi connectivity index (χ1v) is 18.8. The largest absolute Gasteiger partial charge is 0.455 e. The van der Waals surface area contributed by atoms with Crippen molar-refractivity contribution < 1.29 is 4.42 Å². The molecule has 3 nitrogen and oxygen atoms in total. The van der Waals surface area contributed by atoms with E-state index in [1.54, 1.807) is 0 Å². The van der Waals surface area contributed by atoms with Crippen LogP contribution in [0, 0.1) is 0 Å². The van der Waals surface area contributed by atoms with Crippen molar-refractivity contribution in [3.8, 4) is 27.9 Å². The van der Waals surface area contributed by atoms with Crippen LogP contribution in [0.5, 0.6) is 0 Å². The molecule has 11 rings (SSSR count). The summed E-state index contributed by atoms with van der Waals surface area (Å²) >= 11 is 0. The fourth-order valence-electron chi connectivity index (χ4n) is 8.42. The summed E-state index contributed by atoms with van der Waals surface area (Å²) in [6.07, 6.45) is 0. The average molecular weight is 703 g/mol. The van der Waals surface area contributed by atoms with Gasteiger partial charge in [-0.1, -0.05) is 146 Å². The van der Waals surface area contributed by atoms with Crippen LogP contribution in [0.2, 0.25) is 0 Å². The smallest absolute Gasteiger partial charge is 0.143 e. The third-order valence-corrected chi connectivity index (χ3v) is 11.0. The standard InChI is InChI=1S/C52H34N2O/c1-2-12-35(13-3-1)38-15-10-16-42(34-38)53(39-27-24-37(25-28-39)44-20-11-21-48-46-19-7-9-23-50(46)55-52(44)48)40-29-31-41(32-30-40)54-49-22-8-6-18-45(49)47-33-26-36-14-4-5-17-43(36)51(47)54/h1-34H. The van der Waals surface area contributed by atoms with Gasteiger partial charge in [0.15, 0.2) is 0 Å². The molecular formula is C52H34N2O. The number of hydrogen-bond acceptors (Lipinski definition) is 2. The van der Waals surface area contributed by atoms with Crippen molar-refractivity contribution in [3.63, 3.8) is 0 Å². The van der Waals surface area contributed by atoms with Gasteiger partial charge in [-0.05, 0) is 82.7 Å². The van der Waals surface area contributed by atoms with E-state index >= 15 is 0 Å². The Kier molecular flexibility index (Phi) is 7.17. The maximum atomic E-state index is 6.42. The van der Waals surface area contributed by atoms with Gasteiger partial charge in [0.2, 0.25) is 0 Å². The molecule has 0 fully saturated rings. The molecule has 3 heteroatoms. The summed E-state index contributed by atoms with van der Waals surface area (Å²) in [5.74, 6) is 0. The summed E-state index contributed by atoms with van der Waals surface area (Å²) < 4.78 is 8.84. The molecule has 0 aliphatic heterocycles. The van der Waals surface area contributed by atoms with E-state index in [-0.39, 0.29) is 0 Å². The Morgan fingerprint density at radius 1 is 0.382 bits per heavy atom. The Balaban J connectivity index is 1.05. The fraction of sp³-hybridized carbons (Fsp3) is 0. The molecule has 0 aliphatic rings. The first-order chi connectivity index (χ1) is 27.3. The molecule has 0 aliphatic carbocycles. The lowest BCUT2D eigenvalue weighted by Gasteiger charge is -2.26. The summed E-state index contributed by atoms with van der Waals surface area (Å²) in [5.41, 5.74) is 13.2. The van der Waals surface area contributed by atoms with E-state index in [0.29, 0.717) is 0 Å². The quantitative estimate of drug-likeness (QED) is 0.172. The molecule has 0 bridgehead atoms. The van der Waals surface area contributed by atoms with Crippen LogP contribution in [0.3, 0.4) is 0 Å². The second-order valence-corrected chi connectivity index (χ2v) is 14.1. The molecule has 0 radical (unpaired) electrons. The van der Waals surface area contributed by atoms with Crippen molar-refractivity contribution in [2.24, 2.45) is 0 Å². The third kappa shape index (κ3) is 5.13. The van der Waals surface area contributed by atoms with Crippen molar-refractivity contribution in [2.45, 2.75) is 0 Å². The number of hydrogen-bond donors (Lipinski definition) is 0. The molecule has 0 saturated heterocycles. The average Bonchev–Trinajstić information content (AvgIpc) is 3.81. The number of anilines is 3. The molecule has 2 aromatic heterocycles. The van der Waals surface area contributed by atoms with E-state index in [9.17, 15) is 0 Å². The first kappa shape index (κ1) is 31.2. The Morgan fingerprint density at radius 2 is 1.04 bits per heavy atom. The SMILES string of the molecule is c1ccc(-c2cccc(N(c3ccc(-c4cccc5c4oc4ccccc45)cc3)c3ccc(-n4c5ccccc5c5ccc6ccccc6c54)cc3)c2)cc1. The Bertz CT molecular complexity index is 3190. The molecule has 11 aromatic rings. The van der Waals surface area contributed by atoms with Gasteiger partial charge in [0.25, 0.3) is 0 Å². The lowest BCUT2D eigenvalue weighted by molar-refractivity contribution is 0.670. The van der Waals surface area contributed by atoms with Gasteiger partial charge in [-0.15, -0.1) is 0 Å². The van der Waals surface area contributed by atoms with Gasteiger partial charge in [-0.25, -0.2) is 0 Å². The molecule has 0 unspecified atom stereocenters. The highest BCUT2D eigenvalue weighted by molar-refractivity contribution is 6.18. The molecule has 9 aromatic carbocycles. The topological polar surface area (TPSA) is 21.3 Å². The number of benzene rings is 9. The zero-order valence-corrected chi connectivity index (χ0v) is 29.9. The van der Waals surface area contributed by atoms with Gasteiger partial charge in [0, 0.05) is 55.2 Å². The number of para-hydroxylation sites is 3. The molecule has 0 saturated carbocycles. The van der Waals surface area contributed by atoms with Gasteiger partial charge >= 0.3 is 0 Å². The fourth-order valence-corrected chi connectivity index (χ4v) is 8.42. The van der Waals surface area contributed by atoms with Crippen LogP contribution in [-0.4, -0.2) is 4.57 Å². The Morgan fingerprint density at radius 3 is 1.87 bits per heavy atom. The van der Waals surface area contributed by atoms with Crippen molar-refractivity contribution in [1.29, 1.82) is 0 Å². The minimum absolute atomic E-state index is 0.906. The van der Waals surface area contributed by atoms with Crippen LogP contribution >= 0.6 is 0 Å². The predicted molar refractivity (Wildman–Crippen MR) is 231 cm³/mol. The molecule has 0 spiro atoms. The molecule has 258 valence electrons. The number of fused-ring (bicyclic) bond motifs is 8. The van der Waals surface area contributed by atoms with E-state index in [1.165, 1.54) is 43.7 Å². The molecule has 55 heavy (non-hydrogen) atoms. The van der Waals surface area contributed by atoms with Crippen molar-refractivity contribution in [1.82, 2.24) is 4.57 Å². The highest BCUT2D eigenvalue weighted by Crippen LogP contribution is 2.41. The van der Waals surface area contributed by atoms with Crippen LogP contribution in [0.4, 0.5) is 17.1 Å². The van der Waals surface area contributed by atoms with E-state index < -0.39 is 0 Å². The van der Waals surface area contributed by atoms with Crippen LogP contribution < -0.4 is 4.90 Å². The highest BCUT2D eigenvalue weighted by atomic mass is 16.3. The summed E-state index contributed by atoms with van der Waals surface area (Å²) in [5, 5.41) is 7.27. The molecule has 0 atom stereocenters. The van der Waals surface area contributed by atoms with Crippen molar-refractivity contribution in [2.75, 3.05) is 4.90 Å². The van der Waals surface area contributed by atoms with Gasteiger partial charge in [-0.2, -0.15) is 0 Å². The minimum Gasteiger partial charge on any atom is -0.455 e. The van der Waals surface area contributed by atoms with Crippen molar-refractivity contribution in [3.05, 3.63) is 206 Å². The molecule has 0 amide bonds. The van der Waals surface area contributed by atoms with Gasteiger partial charge in [0.1, 0.15) is 11.2 Å². The summed E-state index contributed by atoms with van der Waals surface area (Å²) in [4.78, 5) is 2.35. The van der Waals surface area contributed by atoms with Crippen molar-refractivity contribution >= 4 is 71.6 Å². The van der Waals surface area contributed by atoms with Crippen LogP contribution in [0.1, 0.15) is 0 Å². The van der Waals surface area contributed by atoms with Crippen LogP contribution in [-0.2, 0) is 0 Å². The van der Waals surface area contributed by atoms with Crippen LogP contribution in [0.25, 0.3) is 82.5 Å². The normalized spacial score (nSPS) is 11.6. The van der Waals surface area contributed by atoms with Gasteiger partial charge in [-0.3, -0.25) is 0 Å². The second kappa shape index (κ2) is 12.6. The minimum atomic E-state index is 0.906. The van der Waals surface area contributed by atoms with Gasteiger partial charge in [0.05, 0.1) is 11.0 Å². The number of nitrogens with zero attached hydrogens (tertiary/aromatic N) is 2. The summed E-state index contributed by atoms with van der Waals surface area (Å²) in [7, 11) is 0. The maximum absolute atomic E-state index is 6.42. The molecule has 2 heterocycles. The highest BCUT2D eigenvalue weighted by Gasteiger charge is 2.18. The number of aromatic nitrogens is 1. The number of rotatable bonds is 6. The lowest BCUT2D eigenvalue weighted by atomic mass is 10.0.